The van der Waals surface area contributed by atoms with Crippen LogP contribution in [-0.2, 0) is 11.2 Å². The Morgan fingerprint density at radius 2 is 1.66 bits per heavy atom. The maximum Gasteiger partial charge on any atom is 0.333 e. The van der Waals surface area contributed by atoms with Crippen LogP contribution in [-0.4, -0.2) is 22.5 Å². The molecule has 4 aromatic rings. The third-order valence-corrected chi connectivity index (χ3v) is 4.85. The molecule has 0 spiro atoms. The third-order valence-electron chi connectivity index (χ3n) is 4.85. The number of aromatic amines is 1. The van der Waals surface area contributed by atoms with Gasteiger partial charge in [0.25, 0.3) is 5.56 Å². The number of nitrogens with one attached hydrogen (secondary N) is 1. The quantitative estimate of drug-likeness (QED) is 0.587. The summed E-state index contributed by atoms with van der Waals surface area (Å²) in [7, 11) is 1.72. The molecule has 3 aromatic carbocycles. The van der Waals surface area contributed by atoms with Crippen molar-refractivity contribution in [3.8, 4) is 5.69 Å². The van der Waals surface area contributed by atoms with E-state index in [9.17, 15) is 14.4 Å². The fourth-order valence-electron chi connectivity index (χ4n) is 3.29. The first-order valence-electron chi connectivity index (χ1n) is 9.19. The van der Waals surface area contributed by atoms with Crippen LogP contribution in [0.5, 0.6) is 0 Å². The summed E-state index contributed by atoms with van der Waals surface area (Å²) in [4.78, 5) is 42.3. The number of carbonyl (C=O) groups is 1. The minimum absolute atomic E-state index is 0.0897. The standard InChI is InChI=1S/C23H19N3O3/c1-25(17-9-3-2-4-10-17)21(27)15-16-8-7-11-18(14-16)26-22(28)19-12-5-6-13-20(19)24-23(26)29/h2-14H,15H2,1H3,(H,24,29). The average molecular weight is 385 g/mol. The van der Waals surface area contributed by atoms with Crippen molar-refractivity contribution in [1.82, 2.24) is 9.55 Å². The molecule has 0 unspecified atom stereocenters. The van der Waals surface area contributed by atoms with Gasteiger partial charge in [-0.3, -0.25) is 9.59 Å². The second-order valence-electron chi connectivity index (χ2n) is 6.75. The molecule has 0 saturated heterocycles. The summed E-state index contributed by atoms with van der Waals surface area (Å²) in [5, 5.41) is 0.428. The van der Waals surface area contributed by atoms with Crippen molar-refractivity contribution in [2.45, 2.75) is 6.42 Å². The normalized spacial score (nSPS) is 10.8. The van der Waals surface area contributed by atoms with Gasteiger partial charge in [-0.05, 0) is 42.0 Å². The molecule has 0 aliphatic heterocycles. The van der Waals surface area contributed by atoms with Gasteiger partial charge in [-0.25, -0.2) is 9.36 Å². The molecule has 1 amide bonds. The van der Waals surface area contributed by atoms with E-state index in [4.69, 9.17) is 0 Å². The summed E-state index contributed by atoms with van der Waals surface area (Å²) in [6.07, 6.45) is 0.152. The lowest BCUT2D eigenvalue weighted by molar-refractivity contribution is -0.117. The molecule has 0 saturated carbocycles. The first-order valence-corrected chi connectivity index (χ1v) is 9.19. The summed E-state index contributed by atoms with van der Waals surface area (Å²) in [5.74, 6) is -0.0897. The van der Waals surface area contributed by atoms with Crippen molar-refractivity contribution in [3.63, 3.8) is 0 Å². The van der Waals surface area contributed by atoms with Crippen LogP contribution >= 0.6 is 0 Å². The monoisotopic (exact) mass is 385 g/mol. The molecule has 0 bridgehead atoms. The zero-order valence-corrected chi connectivity index (χ0v) is 15.8. The molecule has 6 heteroatoms. The summed E-state index contributed by atoms with van der Waals surface area (Å²) < 4.78 is 1.09. The van der Waals surface area contributed by atoms with E-state index in [2.05, 4.69) is 4.98 Å². The van der Waals surface area contributed by atoms with Crippen LogP contribution in [0.25, 0.3) is 16.6 Å². The second-order valence-corrected chi connectivity index (χ2v) is 6.75. The number of carbonyl (C=O) groups excluding carboxylic acids is 1. The molecule has 6 nitrogen and oxygen atoms in total. The van der Waals surface area contributed by atoms with Gasteiger partial charge in [-0.15, -0.1) is 0 Å². The molecule has 144 valence electrons. The molecule has 1 N–H and O–H groups in total. The predicted octanol–water partition coefficient (Wildman–Crippen LogP) is 2.88. The SMILES string of the molecule is CN(C(=O)Cc1cccc(-n2c(=O)[nH]c3ccccc3c2=O)c1)c1ccccc1. The van der Waals surface area contributed by atoms with E-state index >= 15 is 0 Å². The highest BCUT2D eigenvalue weighted by Crippen LogP contribution is 2.15. The van der Waals surface area contributed by atoms with Gasteiger partial charge in [0.2, 0.25) is 5.91 Å². The van der Waals surface area contributed by atoms with E-state index in [0.717, 1.165) is 15.8 Å². The number of para-hydroxylation sites is 2. The number of hydrogen-bond donors (Lipinski definition) is 1. The van der Waals surface area contributed by atoms with Crippen LogP contribution in [0.2, 0.25) is 0 Å². The van der Waals surface area contributed by atoms with Crippen molar-refractivity contribution >= 4 is 22.5 Å². The Labute approximate surface area is 166 Å². The smallest absolute Gasteiger partial charge is 0.315 e. The number of amides is 1. The lowest BCUT2D eigenvalue weighted by Crippen LogP contribution is -2.33. The Hall–Kier alpha value is -3.93. The lowest BCUT2D eigenvalue weighted by atomic mass is 10.1. The Morgan fingerprint density at radius 3 is 2.45 bits per heavy atom. The van der Waals surface area contributed by atoms with Gasteiger partial charge in [0, 0.05) is 12.7 Å². The van der Waals surface area contributed by atoms with Crippen molar-refractivity contribution in [2.75, 3.05) is 11.9 Å². The number of hydrogen-bond acceptors (Lipinski definition) is 3. The van der Waals surface area contributed by atoms with Gasteiger partial charge in [0.1, 0.15) is 0 Å². The zero-order chi connectivity index (χ0) is 20.4. The third kappa shape index (κ3) is 3.60. The average Bonchev–Trinajstić information content (AvgIpc) is 2.74. The summed E-state index contributed by atoms with van der Waals surface area (Å²) >= 11 is 0. The van der Waals surface area contributed by atoms with Gasteiger partial charge < -0.3 is 9.88 Å². The number of aromatic nitrogens is 2. The van der Waals surface area contributed by atoms with Crippen molar-refractivity contribution in [2.24, 2.45) is 0 Å². The molecule has 29 heavy (non-hydrogen) atoms. The minimum atomic E-state index is -0.515. The number of nitrogens with zero attached hydrogens (tertiary/aromatic N) is 2. The van der Waals surface area contributed by atoms with Crippen LogP contribution < -0.4 is 16.1 Å². The Bertz CT molecular complexity index is 1310. The zero-order valence-electron chi connectivity index (χ0n) is 15.8. The highest BCUT2D eigenvalue weighted by Gasteiger charge is 2.13. The maximum atomic E-state index is 12.8. The summed E-state index contributed by atoms with van der Waals surface area (Å²) in [6.45, 7) is 0. The topological polar surface area (TPSA) is 75.2 Å². The highest BCUT2D eigenvalue weighted by atomic mass is 16.2. The van der Waals surface area contributed by atoms with Crippen LogP contribution in [0.1, 0.15) is 5.56 Å². The molecule has 0 aliphatic rings. The van der Waals surface area contributed by atoms with E-state index in [-0.39, 0.29) is 12.3 Å². The molecular formula is C23H19N3O3. The van der Waals surface area contributed by atoms with E-state index < -0.39 is 11.2 Å². The fourth-order valence-corrected chi connectivity index (χ4v) is 3.29. The van der Waals surface area contributed by atoms with E-state index in [0.29, 0.717) is 16.6 Å². The van der Waals surface area contributed by atoms with Gasteiger partial charge >= 0.3 is 5.69 Å². The first kappa shape index (κ1) is 18.4. The molecule has 1 heterocycles. The Morgan fingerprint density at radius 1 is 0.931 bits per heavy atom. The maximum absolute atomic E-state index is 12.8. The summed E-state index contributed by atoms with van der Waals surface area (Å²) in [5.41, 5.74) is 1.53. The second kappa shape index (κ2) is 7.59. The van der Waals surface area contributed by atoms with Crippen LogP contribution in [0.4, 0.5) is 5.69 Å². The molecular weight excluding hydrogens is 366 g/mol. The van der Waals surface area contributed by atoms with Crippen molar-refractivity contribution in [3.05, 3.63) is 105 Å². The number of fused-ring (bicyclic) bond motifs is 1. The molecule has 0 atom stereocenters. The molecule has 1 aromatic heterocycles. The number of anilines is 1. The molecule has 4 rings (SSSR count). The molecule has 0 radical (unpaired) electrons. The number of likely N-dealkylation sites (N-methyl/N-ethyl adjacent to an activating group) is 1. The van der Waals surface area contributed by atoms with E-state index in [1.807, 2.05) is 30.3 Å². The van der Waals surface area contributed by atoms with Gasteiger partial charge in [0.15, 0.2) is 0 Å². The van der Waals surface area contributed by atoms with Gasteiger partial charge in [0.05, 0.1) is 23.0 Å². The number of rotatable bonds is 4. The first-order chi connectivity index (χ1) is 14.0. The van der Waals surface area contributed by atoms with Crippen LogP contribution in [0.3, 0.4) is 0 Å². The van der Waals surface area contributed by atoms with E-state index in [1.54, 1.807) is 60.5 Å². The van der Waals surface area contributed by atoms with Crippen LogP contribution in [0.15, 0.2) is 88.5 Å². The fraction of sp³-hybridized carbons (Fsp3) is 0.0870. The molecule has 0 fully saturated rings. The van der Waals surface area contributed by atoms with Gasteiger partial charge in [-0.2, -0.15) is 0 Å². The van der Waals surface area contributed by atoms with Crippen molar-refractivity contribution < 1.29 is 4.79 Å². The number of H-pyrrole nitrogens is 1. The lowest BCUT2D eigenvalue weighted by Gasteiger charge is -2.17. The predicted molar refractivity (Wildman–Crippen MR) is 114 cm³/mol. The highest BCUT2D eigenvalue weighted by molar-refractivity contribution is 5.94. The van der Waals surface area contributed by atoms with E-state index in [1.165, 1.54) is 0 Å². The van der Waals surface area contributed by atoms with Crippen LogP contribution in [0, 0.1) is 0 Å². The van der Waals surface area contributed by atoms with Crippen molar-refractivity contribution in [1.29, 1.82) is 0 Å². The largest absolute Gasteiger partial charge is 0.333 e. The Kier molecular flexibility index (Phi) is 4.83. The summed E-state index contributed by atoms with van der Waals surface area (Å²) in [6, 6.07) is 23.2. The Balaban J connectivity index is 1.68. The van der Waals surface area contributed by atoms with Gasteiger partial charge in [-0.1, -0.05) is 42.5 Å². The molecule has 0 aliphatic carbocycles. The number of benzene rings is 3. The minimum Gasteiger partial charge on any atom is -0.315 e.